The van der Waals surface area contributed by atoms with Gasteiger partial charge in [-0.3, -0.25) is 9.59 Å². The first-order chi connectivity index (χ1) is 10.3. The summed E-state index contributed by atoms with van der Waals surface area (Å²) in [6.45, 7) is 3.48. The second-order valence-corrected chi connectivity index (χ2v) is 5.41. The molecular weight excluding hydrogens is 284 g/mol. The molecule has 0 aromatic heterocycles. The lowest BCUT2D eigenvalue weighted by atomic mass is 10.0. The molecule has 0 unspecified atom stereocenters. The van der Waals surface area contributed by atoms with Crippen molar-refractivity contribution < 1.29 is 19.5 Å². The molecule has 3 N–H and O–H groups in total. The molecule has 1 aromatic carbocycles. The third-order valence-electron chi connectivity index (χ3n) is 3.31. The van der Waals surface area contributed by atoms with Crippen LogP contribution in [-0.2, 0) is 16.0 Å². The Balaban J connectivity index is 2.61. The van der Waals surface area contributed by atoms with Crippen LogP contribution in [0.1, 0.15) is 36.2 Å². The highest BCUT2D eigenvalue weighted by atomic mass is 16.4. The highest BCUT2D eigenvalue weighted by Gasteiger charge is 2.23. The molecule has 0 aliphatic carbocycles. The number of hydrogen-bond acceptors (Lipinski definition) is 3. The molecular formula is C16H22N2O4. The van der Waals surface area contributed by atoms with Gasteiger partial charge in [0.15, 0.2) is 0 Å². The summed E-state index contributed by atoms with van der Waals surface area (Å²) >= 11 is 0. The van der Waals surface area contributed by atoms with Gasteiger partial charge in [-0.15, -0.1) is 0 Å². The van der Waals surface area contributed by atoms with Crippen LogP contribution in [0.15, 0.2) is 24.3 Å². The molecule has 6 heteroatoms. The number of carbonyl (C=O) groups excluding carboxylic acids is 2. The van der Waals surface area contributed by atoms with E-state index in [4.69, 9.17) is 5.11 Å². The number of carbonyl (C=O) groups is 3. The van der Waals surface area contributed by atoms with E-state index in [-0.39, 0.29) is 24.2 Å². The number of carboxylic acids is 1. The third-order valence-corrected chi connectivity index (χ3v) is 3.31. The van der Waals surface area contributed by atoms with Crippen molar-refractivity contribution in [2.45, 2.75) is 32.7 Å². The summed E-state index contributed by atoms with van der Waals surface area (Å²) in [5.74, 6) is -1.72. The van der Waals surface area contributed by atoms with E-state index in [1.807, 2.05) is 6.07 Å². The molecule has 2 amide bonds. The summed E-state index contributed by atoms with van der Waals surface area (Å²) in [7, 11) is 1.56. The zero-order valence-corrected chi connectivity index (χ0v) is 13.1. The van der Waals surface area contributed by atoms with E-state index in [0.717, 1.165) is 5.56 Å². The lowest BCUT2D eigenvalue weighted by molar-refractivity contribution is -0.143. The summed E-state index contributed by atoms with van der Waals surface area (Å²) in [5, 5.41) is 14.1. The van der Waals surface area contributed by atoms with Crippen molar-refractivity contribution in [3.8, 4) is 0 Å². The van der Waals surface area contributed by atoms with Crippen LogP contribution >= 0.6 is 0 Å². The minimum atomic E-state index is -1.04. The predicted molar refractivity (Wildman–Crippen MR) is 82.6 cm³/mol. The SMILES string of the molecule is CNC(=O)c1cccc(CCC(=O)N[C@H](C(=O)O)C(C)C)c1. The smallest absolute Gasteiger partial charge is 0.326 e. The molecule has 0 bridgehead atoms. The standard InChI is InChI=1S/C16H22N2O4/c1-10(2)14(16(21)22)18-13(19)8-7-11-5-4-6-12(9-11)15(20)17-3/h4-6,9-10,14H,7-8H2,1-3H3,(H,17,20)(H,18,19)(H,21,22)/t14-/m0/s1. The van der Waals surface area contributed by atoms with Gasteiger partial charge in [-0.1, -0.05) is 26.0 Å². The number of aryl methyl sites for hydroxylation is 1. The van der Waals surface area contributed by atoms with E-state index in [9.17, 15) is 14.4 Å². The van der Waals surface area contributed by atoms with E-state index >= 15 is 0 Å². The van der Waals surface area contributed by atoms with Crippen LogP contribution in [0.2, 0.25) is 0 Å². The van der Waals surface area contributed by atoms with Gasteiger partial charge in [0.05, 0.1) is 0 Å². The van der Waals surface area contributed by atoms with Crippen molar-refractivity contribution in [1.82, 2.24) is 10.6 Å². The molecule has 0 saturated heterocycles. The molecule has 0 fully saturated rings. The van der Waals surface area contributed by atoms with Gasteiger partial charge in [-0.05, 0) is 30.0 Å². The van der Waals surface area contributed by atoms with Crippen molar-refractivity contribution >= 4 is 17.8 Å². The second kappa shape index (κ2) is 8.17. The van der Waals surface area contributed by atoms with Gasteiger partial charge in [-0.25, -0.2) is 4.79 Å². The van der Waals surface area contributed by atoms with Crippen LogP contribution in [0.5, 0.6) is 0 Å². The Labute approximate surface area is 129 Å². The van der Waals surface area contributed by atoms with Crippen molar-refractivity contribution in [3.05, 3.63) is 35.4 Å². The number of rotatable bonds is 7. The van der Waals surface area contributed by atoms with E-state index in [1.54, 1.807) is 39.1 Å². The fraction of sp³-hybridized carbons (Fsp3) is 0.438. The second-order valence-electron chi connectivity index (χ2n) is 5.41. The van der Waals surface area contributed by atoms with Crippen LogP contribution in [0.3, 0.4) is 0 Å². The lowest BCUT2D eigenvalue weighted by Crippen LogP contribution is -2.44. The first kappa shape index (κ1) is 17.7. The molecule has 0 aliphatic heterocycles. The Morgan fingerprint density at radius 2 is 1.91 bits per heavy atom. The first-order valence-electron chi connectivity index (χ1n) is 7.18. The molecule has 6 nitrogen and oxygen atoms in total. The fourth-order valence-electron chi connectivity index (χ4n) is 2.03. The highest BCUT2D eigenvalue weighted by Crippen LogP contribution is 2.08. The normalized spacial score (nSPS) is 11.8. The average Bonchev–Trinajstić information content (AvgIpc) is 2.49. The summed E-state index contributed by atoms with van der Waals surface area (Å²) < 4.78 is 0. The highest BCUT2D eigenvalue weighted by molar-refractivity contribution is 5.94. The number of amides is 2. The van der Waals surface area contributed by atoms with Gasteiger partial charge in [0, 0.05) is 19.0 Å². The Morgan fingerprint density at radius 3 is 2.45 bits per heavy atom. The Bertz CT molecular complexity index is 555. The fourth-order valence-corrected chi connectivity index (χ4v) is 2.03. The summed E-state index contributed by atoms with van der Waals surface area (Å²) in [6.07, 6.45) is 0.620. The lowest BCUT2D eigenvalue weighted by Gasteiger charge is -2.17. The maximum atomic E-state index is 11.9. The van der Waals surface area contributed by atoms with Gasteiger partial charge in [0.25, 0.3) is 5.91 Å². The van der Waals surface area contributed by atoms with Crippen LogP contribution in [-0.4, -0.2) is 36.0 Å². The summed E-state index contributed by atoms with van der Waals surface area (Å²) in [4.78, 5) is 34.4. The van der Waals surface area contributed by atoms with Crippen LogP contribution in [0, 0.1) is 5.92 Å². The van der Waals surface area contributed by atoms with Gasteiger partial charge >= 0.3 is 5.97 Å². The summed E-state index contributed by atoms with van der Waals surface area (Å²) in [5.41, 5.74) is 1.39. The van der Waals surface area contributed by atoms with Crippen LogP contribution < -0.4 is 10.6 Å². The van der Waals surface area contributed by atoms with E-state index in [0.29, 0.717) is 12.0 Å². The minimum Gasteiger partial charge on any atom is -0.480 e. The molecule has 22 heavy (non-hydrogen) atoms. The molecule has 1 aromatic rings. The maximum Gasteiger partial charge on any atom is 0.326 e. The van der Waals surface area contributed by atoms with Gasteiger partial charge in [0.1, 0.15) is 6.04 Å². The van der Waals surface area contributed by atoms with E-state index < -0.39 is 12.0 Å². The average molecular weight is 306 g/mol. The van der Waals surface area contributed by atoms with Gasteiger partial charge < -0.3 is 15.7 Å². The number of benzene rings is 1. The maximum absolute atomic E-state index is 11.9. The molecule has 0 radical (unpaired) electrons. The van der Waals surface area contributed by atoms with Crippen molar-refractivity contribution in [2.24, 2.45) is 5.92 Å². The number of carboxylic acid groups (broad SMARTS) is 1. The van der Waals surface area contributed by atoms with Crippen LogP contribution in [0.25, 0.3) is 0 Å². The monoisotopic (exact) mass is 306 g/mol. The van der Waals surface area contributed by atoms with E-state index in [1.165, 1.54) is 0 Å². The summed E-state index contributed by atoms with van der Waals surface area (Å²) in [6, 6.07) is 6.12. The molecule has 0 aliphatic rings. The third kappa shape index (κ3) is 5.20. The quantitative estimate of drug-likeness (QED) is 0.705. The van der Waals surface area contributed by atoms with Crippen molar-refractivity contribution in [2.75, 3.05) is 7.05 Å². The van der Waals surface area contributed by atoms with Gasteiger partial charge in [-0.2, -0.15) is 0 Å². The molecule has 0 heterocycles. The molecule has 1 atom stereocenters. The Kier molecular flexibility index (Phi) is 6.56. The number of aliphatic carboxylic acids is 1. The largest absolute Gasteiger partial charge is 0.480 e. The number of nitrogens with one attached hydrogen (secondary N) is 2. The molecule has 120 valence electrons. The molecule has 0 spiro atoms. The minimum absolute atomic E-state index is 0.174. The van der Waals surface area contributed by atoms with Crippen LogP contribution in [0.4, 0.5) is 0 Å². The zero-order chi connectivity index (χ0) is 16.7. The topological polar surface area (TPSA) is 95.5 Å². The Morgan fingerprint density at radius 1 is 1.23 bits per heavy atom. The van der Waals surface area contributed by atoms with Gasteiger partial charge in [0.2, 0.25) is 5.91 Å². The number of hydrogen-bond donors (Lipinski definition) is 3. The first-order valence-corrected chi connectivity index (χ1v) is 7.18. The molecule has 1 rings (SSSR count). The van der Waals surface area contributed by atoms with Crippen molar-refractivity contribution in [1.29, 1.82) is 0 Å². The zero-order valence-electron chi connectivity index (χ0n) is 13.1. The Hall–Kier alpha value is -2.37. The molecule has 0 saturated carbocycles. The van der Waals surface area contributed by atoms with E-state index in [2.05, 4.69) is 10.6 Å². The van der Waals surface area contributed by atoms with Crippen molar-refractivity contribution in [3.63, 3.8) is 0 Å². The predicted octanol–water partition coefficient (Wildman–Crippen LogP) is 1.20.